The summed E-state index contributed by atoms with van der Waals surface area (Å²) in [5.41, 5.74) is 0. The van der Waals surface area contributed by atoms with Crippen molar-refractivity contribution in [1.82, 2.24) is 0 Å². The molecule has 0 N–H and O–H groups in total. The van der Waals surface area contributed by atoms with Crippen LogP contribution < -0.4 is 0 Å². The topological polar surface area (TPSA) is 43.4 Å². The Kier molecular flexibility index (Phi) is 1.67. The molecule has 3 nitrogen and oxygen atoms in total. The maximum atomic E-state index is 11.2. The molecule has 2 rings (SSSR count). The van der Waals surface area contributed by atoms with Gasteiger partial charge in [-0.3, -0.25) is 9.59 Å². The Morgan fingerprint density at radius 3 is 2.75 bits per heavy atom. The van der Waals surface area contributed by atoms with Crippen molar-refractivity contribution >= 4 is 11.8 Å². The van der Waals surface area contributed by atoms with Gasteiger partial charge in [0.1, 0.15) is 11.9 Å². The van der Waals surface area contributed by atoms with Crippen LogP contribution in [0.3, 0.4) is 0 Å². The number of carbonyl (C=O) groups is 2. The van der Waals surface area contributed by atoms with Crippen LogP contribution in [0.1, 0.15) is 26.2 Å². The van der Waals surface area contributed by atoms with E-state index in [1.807, 2.05) is 0 Å². The van der Waals surface area contributed by atoms with Gasteiger partial charge in [-0.25, -0.2) is 0 Å². The molecule has 3 heteroatoms. The zero-order valence-electron chi connectivity index (χ0n) is 7.08. The molecule has 2 saturated carbocycles. The average molecular weight is 168 g/mol. The van der Waals surface area contributed by atoms with Crippen LogP contribution in [0.25, 0.3) is 0 Å². The SMILES string of the molecule is CC(=O)OC1CC2CC(=O)C1C2. The van der Waals surface area contributed by atoms with E-state index in [0.29, 0.717) is 12.3 Å². The molecule has 0 aromatic rings. The molecule has 0 amide bonds. The number of esters is 1. The van der Waals surface area contributed by atoms with Gasteiger partial charge in [0.2, 0.25) is 0 Å². The Labute approximate surface area is 71.1 Å². The highest BCUT2D eigenvalue weighted by Gasteiger charge is 2.47. The molecule has 2 fully saturated rings. The molecular formula is C9H12O3. The van der Waals surface area contributed by atoms with Gasteiger partial charge in [-0.15, -0.1) is 0 Å². The molecule has 3 unspecified atom stereocenters. The summed E-state index contributed by atoms with van der Waals surface area (Å²) in [7, 11) is 0. The third-order valence-corrected chi connectivity index (χ3v) is 2.82. The molecule has 0 saturated heterocycles. The lowest BCUT2D eigenvalue weighted by molar-refractivity contribution is -0.150. The average Bonchev–Trinajstić information content (AvgIpc) is 2.43. The second-order valence-corrected chi connectivity index (χ2v) is 3.76. The molecule has 2 bridgehead atoms. The van der Waals surface area contributed by atoms with E-state index < -0.39 is 0 Å². The predicted octanol–water partition coefficient (Wildman–Crippen LogP) is 0.917. The monoisotopic (exact) mass is 168 g/mol. The maximum Gasteiger partial charge on any atom is 0.302 e. The highest BCUT2D eigenvalue weighted by molar-refractivity contribution is 5.85. The minimum absolute atomic E-state index is 0.0268. The molecule has 0 radical (unpaired) electrons. The summed E-state index contributed by atoms with van der Waals surface area (Å²) in [5.74, 6) is 0.545. The molecule has 66 valence electrons. The molecule has 2 aliphatic carbocycles. The van der Waals surface area contributed by atoms with Crippen LogP contribution in [0.15, 0.2) is 0 Å². The minimum Gasteiger partial charge on any atom is -0.462 e. The quantitative estimate of drug-likeness (QED) is 0.547. The zero-order chi connectivity index (χ0) is 8.72. The van der Waals surface area contributed by atoms with E-state index in [1.165, 1.54) is 6.92 Å². The fraction of sp³-hybridized carbons (Fsp3) is 0.778. The molecule has 0 heterocycles. The summed E-state index contributed by atoms with van der Waals surface area (Å²) in [6.45, 7) is 1.40. The van der Waals surface area contributed by atoms with Gasteiger partial charge in [-0.2, -0.15) is 0 Å². The van der Waals surface area contributed by atoms with Crippen LogP contribution >= 0.6 is 0 Å². The number of fused-ring (bicyclic) bond motifs is 2. The van der Waals surface area contributed by atoms with Gasteiger partial charge in [0, 0.05) is 13.3 Å². The summed E-state index contributed by atoms with van der Waals surface area (Å²) in [6, 6.07) is 0. The molecule has 2 aliphatic rings. The fourth-order valence-electron chi connectivity index (χ4n) is 2.38. The first-order chi connectivity index (χ1) is 5.66. The Morgan fingerprint density at radius 2 is 2.25 bits per heavy atom. The van der Waals surface area contributed by atoms with E-state index in [2.05, 4.69) is 0 Å². The number of ketones is 1. The van der Waals surface area contributed by atoms with Crippen molar-refractivity contribution in [3.63, 3.8) is 0 Å². The lowest BCUT2D eigenvalue weighted by Crippen LogP contribution is -2.28. The highest BCUT2D eigenvalue weighted by Crippen LogP contribution is 2.43. The molecular weight excluding hydrogens is 156 g/mol. The minimum atomic E-state index is -0.264. The Balaban J connectivity index is 2.02. The number of carbonyl (C=O) groups excluding carboxylic acids is 2. The van der Waals surface area contributed by atoms with Gasteiger partial charge in [0.15, 0.2) is 0 Å². The van der Waals surface area contributed by atoms with Crippen LogP contribution in [-0.2, 0) is 14.3 Å². The van der Waals surface area contributed by atoms with E-state index >= 15 is 0 Å². The molecule has 12 heavy (non-hydrogen) atoms. The Bertz CT molecular complexity index is 234. The second-order valence-electron chi connectivity index (χ2n) is 3.76. The summed E-state index contributed by atoms with van der Waals surface area (Å²) in [6.07, 6.45) is 2.45. The molecule has 0 aliphatic heterocycles. The third kappa shape index (κ3) is 1.13. The molecule has 0 spiro atoms. The molecule has 0 aromatic heterocycles. The van der Waals surface area contributed by atoms with Crippen LogP contribution in [0.5, 0.6) is 0 Å². The van der Waals surface area contributed by atoms with Crippen molar-refractivity contribution in [2.24, 2.45) is 11.8 Å². The standard InChI is InChI=1S/C9H12O3/c1-5(10)12-9-4-6-2-7(9)8(11)3-6/h6-7,9H,2-4H2,1H3. The van der Waals surface area contributed by atoms with Crippen molar-refractivity contribution in [2.45, 2.75) is 32.3 Å². The van der Waals surface area contributed by atoms with E-state index in [-0.39, 0.29) is 23.8 Å². The summed E-state index contributed by atoms with van der Waals surface area (Å²) < 4.78 is 5.06. The van der Waals surface area contributed by atoms with Gasteiger partial charge in [-0.1, -0.05) is 0 Å². The van der Waals surface area contributed by atoms with Crippen LogP contribution in [0.2, 0.25) is 0 Å². The van der Waals surface area contributed by atoms with Crippen molar-refractivity contribution in [3.05, 3.63) is 0 Å². The number of rotatable bonds is 1. The Morgan fingerprint density at radius 1 is 1.50 bits per heavy atom. The normalized spacial score (nSPS) is 38.8. The number of ether oxygens (including phenoxy) is 1. The van der Waals surface area contributed by atoms with Gasteiger partial charge < -0.3 is 4.74 Å². The zero-order valence-corrected chi connectivity index (χ0v) is 7.08. The smallest absolute Gasteiger partial charge is 0.302 e. The maximum absolute atomic E-state index is 11.2. The van der Waals surface area contributed by atoms with Crippen molar-refractivity contribution in [1.29, 1.82) is 0 Å². The van der Waals surface area contributed by atoms with Crippen LogP contribution in [0, 0.1) is 11.8 Å². The van der Waals surface area contributed by atoms with Crippen molar-refractivity contribution < 1.29 is 14.3 Å². The largest absolute Gasteiger partial charge is 0.462 e. The number of Topliss-reactive ketones (excluding diaryl/α,β-unsaturated/α-hetero) is 1. The van der Waals surface area contributed by atoms with Crippen LogP contribution in [0.4, 0.5) is 0 Å². The summed E-state index contributed by atoms with van der Waals surface area (Å²) >= 11 is 0. The van der Waals surface area contributed by atoms with E-state index in [4.69, 9.17) is 4.74 Å². The van der Waals surface area contributed by atoms with Crippen LogP contribution in [-0.4, -0.2) is 17.9 Å². The third-order valence-electron chi connectivity index (χ3n) is 2.82. The fourth-order valence-corrected chi connectivity index (χ4v) is 2.38. The highest BCUT2D eigenvalue weighted by atomic mass is 16.5. The second kappa shape index (κ2) is 2.57. The number of hydrogen-bond donors (Lipinski definition) is 0. The predicted molar refractivity (Wildman–Crippen MR) is 41.4 cm³/mol. The van der Waals surface area contributed by atoms with Gasteiger partial charge in [0.05, 0.1) is 5.92 Å². The number of hydrogen-bond acceptors (Lipinski definition) is 3. The lowest BCUT2D eigenvalue weighted by atomic mass is 9.96. The molecule has 3 atom stereocenters. The van der Waals surface area contributed by atoms with E-state index in [0.717, 1.165) is 12.8 Å². The first-order valence-electron chi connectivity index (χ1n) is 4.36. The van der Waals surface area contributed by atoms with Gasteiger partial charge in [0.25, 0.3) is 0 Å². The summed E-state index contributed by atoms with van der Waals surface area (Å²) in [5, 5.41) is 0. The summed E-state index contributed by atoms with van der Waals surface area (Å²) in [4.78, 5) is 21.9. The lowest BCUT2D eigenvalue weighted by Gasteiger charge is -2.19. The van der Waals surface area contributed by atoms with Gasteiger partial charge >= 0.3 is 5.97 Å². The van der Waals surface area contributed by atoms with Crippen molar-refractivity contribution in [2.75, 3.05) is 0 Å². The van der Waals surface area contributed by atoms with E-state index in [1.54, 1.807) is 0 Å². The first kappa shape index (κ1) is 7.77. The Hall–Kier alpha value is -0.860. The first-order valence-corrected chi connectivity index (χ1v) is 4.36. The van der Waals surface area contributed by atoms with Gasteiger partial charge in [-0.05, 0) is 18.8 Å². The van der Waals surface area contributed by atoms with Crippen molar-refractivity contribution in [3.8, 4) is 0 Å². The van der Waals surface area contributed by atoms with E-state index in [9.17, 15) is 9.59 Å². The molecule has 0 aromatic carbocycles.